The average Bonchev–Trinajstić information content (AvgIpc) is 2.21. The zero-order valence-corrected chi connectivity index (χ0v) is 8.30. The minimum atomic E-state index is -0.332. The van der Waals surface area contributed by atoms with Gasteiger partial charge < -0.3 is 0 Å². The predicted octanol–water partition coefficient (Wildman–Crippen LogP) is 3.28. The van der Waals surface area contributed by atoms with Crippen LogP contribution in [-0.4, -0.2) is 12.2 Å². The number of benzene rings is 1. The van der Waals surface area contributed by atoms with Gasteiger partial charge in [0.15, 0.2) is 0 Å². The van der Waals surface area contributed by atoms with E-state index in [1.165, 1.54) is 18.2 Å². The molecule has 0 saturated carbocycles. The first-order chi connectivity index (χ1) is 6.77. The molecule has 1 rings (SSSR count). The number of aldehydes is 1. The Kier molecular flexibility index (Phi) is 4.33. The molecule has 3 heteroatoms. The van der Waals surface area contributed by atoms with Crippen molar-refractivity contribution in [2.45, 2.75) is 6.42 Å². The molecule has 0 heterocycles. The van der Waals surface area contributed by atoms with Crippen LogP contribution in [0.15, 0.2) is 24.3 Å². The highest BCUT2D eigenvalue weighted by molar-refractivity contribution is 6.17. The van der Waals surface area contributed by atoms with Gasteiger partial charge in [-0.25, -0.2) is 4.39 Å². The lowest BCUT2D eigenvalue weighted by Crippen LogP contribution is -1.86. The van der Waals surface area contributed by atoms with Crippen LogP contribution in [0.4, 0.5) is 4.39 Å². The Morgan fingerprint density at radius 1 is 1.43 bits per heavy atom. The molecular formula is C11H10ClFO. The molecule has 0 aromatic heterocycles. The van der Waals surface area contributed by atoms with E-state index in [1.54, 1.807) is 12.2 Å². The van der Waals surface area contributed by atoms with Crippen molar-refractivity contribution in [3.8, 4) is 0 Å². The molecule has 74 valence electrons. The zero-order chi connectivity index (χ0) is 10.4. The monoisotopic (exact) mass is 212 g/mol. The van der Waals surface area contributed by atoms with E-state index in [0.29, 0.717) is 29.7 Å². The van der Waals surface area contributed by atoms with Gasteiger partial charge in [0.1, 0.15) is 12.1 Å². The molecule has 14 heavy (non-hydrogen) atoms. The van der Waals surface area contributed by atoms with Gasteiger partial charge in [-0.1, -0.05) is 12.2 Å². The minimum Gasteiger partial charge on any atom is -0.298 e. The number of carbonyl (C=O) groups is 1. The Morgan fingerprint density at radius 3 is 2.86 bits per heavy atom. The van der Waals surface area contributed by atoms with Crippen LogP contribution in [-0.2, 0) is 0 Å². The third kappa shape index (κ3) is 2.96. The fourth-order valence-corrected chi connectivity index (χ4v) is 1.16. The average molecular weight is 213 g/mol. The van der Waals surface area contributed by atoms with E-state index in [9.17, 15) is 9.18 Å². The van der Waals surface area contributed by atoms with Crippen molar-refractivity contribution in [2.75, 3.05) is 5.88 Å². The van der Waals surface area contributed by atoms with Crippen LogP contribution in [0, 0.1) is 5.82 Å². The maximum absolute atomic E-state index is 13.1. The molecule has 0 aliphatic rings. The number of halogens is 2. The smallest absolute Gasteiger partial charge is 0.150 e. The lowest BCUT2D eigenvalue weighted by molar-refractivity contribution is 0.112. The molecule has 0 fully saturated rings. The third-order valence-corrected chi connectivity index (χ3v) is 1.95. The molecule has 0 atom stereocenters. The van der Waals surface area contributed by atoms with Gasteiger partial charge in [0.2, 0.25) is 0 Å². The van der Waals surface area contributed by atoms with Crippen molar-refractivity contribution in [3.63, 3.8) is 0 Å². The molecule has 1 aromatic rings. The number of carbonyl (C=O) groups excluding carboxylic acids is 1. The summed E-state index contributed by atoms with van der Waals surface area (Å²) in [5, 5.41) is 0. The Morgan fingerprint density at radius 2 is 2.21 bits per heavy atom. The van der Waals surface area contributed by atoms with E-state index >= 15 is 0 Å². The SMILES string of the molecule is O=Cc1ccc(F)c(C=CCCCl)c1. The Bertz CT molecular complexity index is 347. The van der Waals surface area contributed by atoms with Crippen LogP contribution in [0.2, 0.25) is 0 Å². The van der Waals surface area contributed by atoms with Crippen LogP contribution in [0.5, 0.6) is 0 Å². The van der Waals surface area contributed by atoms with E-state index in [1.807, 2.05) is 0 Å². The standard InChI is InChI=1S/C11H10ClFO/c12-6-2-1-3-10-7-9(8-14)4-5-11(10)13/h1,3-5,7-8H,2,6H2. The number of allylic oxidation sites excluding steroid dienone is 1. The summed E-state index contributed by atoms with van der Waals surface area (Å²) in [6.45, 7) is 0. The molecule has 0 aliphatic heterocycles. The zero-order valence-electron chi connectivity index (χ0n) is 7.54. The molecule has 0 bridgehead atoms. The first kappa shape index (κ1) is 10.9. The highest BCUT2D eigenvalue weighted by atomic mass is 35.5. The fourth-order valence-electron chi connectivity index (χ4n) is 1.04. The maximum Gasteiger partial charge on any atom is 0.150 e. The van der Waals surface area contributed by atoms with Crippen LogP contribution in [0.3, 0.4) is 0 Å². The Balaban J connectivity index is 2.89. The van der Waals surface area contributed by atoms with E-state index in [2.05, 4.69) is 0 Å². The van der Waals surface area contributed by atoms with Crippen molar-refractivity contribution < 1.29 is 9.18 Å². The minimum absolute atomic E-state index is 0.332. The van der Waals surface area contributed by atoms with Crippen molar-refractivity contribution in [1.82, 2.24) is 0 Å². The van der Waals surface area contributed by atoms with Crippen molar-refractivity contribution in [2.24, 2.45) is 0 Å². The molecule has 0 unspecified atom stereocenters. The number of rotatable bonds is 4. The molecule has 0 amide bonds. The summed E-state index contributed by atoms with van der Waals surface area (Å²) in [4.78, 5) is 10.4. The van der Waals surface area contributed by atoms with Gasteiger partial charge in [0.05, 0.1) is 0 Å². The lowest BCUT2D eigenvalue weighted by atomic mass is 10.1. The Hall–Kier alpha value is -1.15. The van der Waals surface area contributed by atoms with Gasteiger partial charge >= 0.3 is 0 Å². The van der Waals surface area contributed by atoms with E-state index in [-0.39, 0.29) is 5.82 Å². The van der Waals surface area contributed by atoms with E-state index in [0.717, 1.165) is 0 Å². The number of hydrogen-bond donors (Lipinski definition) is 0. The second-order valence-electron chi connectivity index (χ2n) is 2.78. The molecule has 0 saturated heterocycles. The molecule has 0 radical (unpaired) electrons. The summed E-state index contributed by atoms with van der Waals surface area (Å²) in [7, 11) is 0. The third-order valence-electron chi connectivity index (χ3n) is 1.73. The van der Waals surface area contributed by atoms with Crippen LogP contribution in [0.1, 0.15) is 22.3 Å². The molecule has 0 aliphatic carbocycles. The van der Waals surface area contributed by atoms with Gasteiger partial charge in [-0.3, -0.25) is 4.79 Å². The lowest BCUT2D eigenvalue weighted by Gasteiger charge is -1.97. The molecule has 0 N–H and O–H groups in total. The molecular weight excluding hydrogens is 203 g/mol. The molecule has 1 nitrogen and oxygen atoms in total. The van der Waals surface area contributed by atoms with Gasteiger partial charge in [-0.2, -0.15) is 0 Å². The van der Waals surface area contributed by atoms with Crippen LogP contribution >= 0.6 is 11.6 Å². The maximum atomic E-state index is 13.1. The fraction of sp³-hybridized carbons (Fsp3) is 0.182. The second-order valence-corrected chi connectivity index (χ2v) is 3.16. The predicted molar refractivity (Wildman–Crippen MR) is 56.2 cm³/mol. The summed E-state index contributed by atoms with van der Waals surface area (Å²) in [6.07, 6.45) is 4.79. The Labute approximate surface area is 87.2 Å². The highest BCUT2D eigenvalue weighted by Crippen LogP contribution is 2.11. The normalized spacial score (nSPS) is 10.7. The van der Waals surface area contributed by atoms with E-state index in [4.69, 9.17) is 11.6 Å². The topological polar surface area (TPSA) is 17.1 Å². The van der Waals surface area contributed by atoms with Gasteiger partial charge in [0, 0.05) is 17.0 Å². The number of hydrogen-bond acceptors (Lipinski definition) is 1. The largest absolute Gasteiger partial charge is 0.298 e. The van der Waals surface area contributed by atoms with Crippen molar-refractivity contribution in [1.29, 1.82) is 0 Å². The van der Waals surface area contributed by atoms with Crippen LogP contribution < -0.4 is 0 Å². The van der Waals surface area contributed by atoms with Gasteiger partial charge in [0.25, 0.3) is 0 Å². The summed E-state index contributed by atoms with van der Waals surface area (Å²) < 4.78 is 13.1. The summed E-state index contributed by atoms with van der Waals surface area (Å²) in [6, 6.07) is 4.23. The van der Waals surface area contributed by atoms with Crippen molar-refractivity contribution >= 4 is 24.0 Å². The molecule has 0 spiro atoms. The summed E-state index contributed by atoms with van der Waals surface area (Å²) in [5.41, 5.74) is 0.886. The summed E-state index contributed by atoms with van der Waals surface area (Å²) in [5.74, 6) is 0.173. The second kappa shape index (κ2) is 5.55. The van der Waals surface area contributed by atoms with E-state index < -0.39 is 0 Å². The van der Waals surface area contributed by atoms with Gasteiger partial charge in [-0.15, -0.1) is 11.6 Å². The first-order valence-corrected chi connectivity index (χ1v) is 4.78. The van der Waals surface area contributed by atoms with Gasteiger partial charge in [-0.05, 0) is 24.6 Å². The summed E-state index contributed by atoms with van der Waals surface area (Å²) >= 11 is 5.46. The highest BCUT2D eigenvalue weighted by Gasteiger charge is 1.99. The van der Waals surface area contributed by atoms with Crippen molar-refractivity contribution in [3.05, 3.63) is 41.2 Å². The quantitative estimate of drug-likeness (QED) is 0.553. The molecule has 1 aromatic carbocycles. The number of alkyl halides is 1. The first-order valence-electron chi connectivity index (χ1n) is 4.25. The van der Waals surface area contributed by atoms with Crippen LogP contribution in [0.25, 0.3) is 6.08 Å².